The number of rotatable bonds is 4. The molecule has 0 spiro atoms. The first-order valence-corrected chi connectivity index (χ1v) is 9.71. The van der Waals surface area contributed by atoms with Gasteiger partial charge in [-0.15, -0.1) is 0 Å². The Morgan fingerprint density at radius 3 is 1.60 bits per heavy atom. The summed E-state index contributed by atoms with van der Waals surface area (Å²) in [4.78, 5) is 0. The molecule has 0 heterocycles. The predicted octanol–water partition coefficient (Wildman–Crippen LogP) is 3.74. The van der Waals surface area contributed by atoms with E-state index in [0.717, 1.165) is 11.8 Å². The van der Waals surface area contributed by atoms with Crippen molar-refractivity contribution in [3.8, 4) is 0 Å². The van der Waals surface area contributed by atoms with Crippen LogP contribution in [0.25, 0.3) is 0 Å². The molecule has 0 unspecified atom stereocenters. The molecule has 15 heavy (non-hydrogen) atoms. The zero-order valence-corrected chi connectivity index (χ0v) is 11.5. The van der Waals surface area contributed by atoms with E-state index in [1.54, 1.807) is 0 Å². The van der Waals surface area contributed by atoms with Crippen LogP contribution in [0.5, 0.6) is 0 Å². The minimum Gasteiger partial charge on any atom is -0.417 e. The standard InChI is InChI=1S/C13H26OSi/c1-15(2)14-13(11-7-3-4-8-11)12-9-5-6-10-12/h11-13,15H,3-10H2,1-2H3. The Labute approximate surface area is 96.3 Å². The van der Waals surface area contributed by atoms with E-state index >= 15 is 0 Å². The Hall–Kier alpha value is 0.177. The SMILES string of the molecule is C[SiH](C)OC(C1CCCC1)C1CCCC1. The summed E-state index contributed by atoms with van der Waals surface area (Å²) in [6, 6.07) is 0. The van der Waals surface area contributed by atoms with Crippen molar-refractivity contribution in [3.05, 3.63) is 0 Å². The summed E-state index contributed by atoms with van der Waals surface area (Å²) in [6.45, 7) is 4.66. The highest BCUT2D eigenvalue weighted by Crippen LogP contribution is 2.39. The molecule has 2 rings (SSSR count). The van der Waals surface area contributed by atoms with E-state index < -0.39 is 9.04 Å². The van der Waals surface area contributed by atoms with Crippen molar-refractivity contribution in [1.82, 2.24) is 0 Å². The highest BCUT2D eigenvalue weighted by Gasteiger charge is 2.34. The quantitative estimate of drug-likeness (QED) is 0.664. The van der Waals surface area contributed by atoms with E-state index in [1.165, 1.54) is 51.4 Å². The van der Waals surface area contributed by atoms with Crippen molar-refractivity contribution in [2.24, 2.45) is 11.8 Å². The topological polar surface area (TPSA) is 9.23 Å². The van der Waals surface area contributed by atoms with Crippen molar-refractivity contribution in [1.29, 1.82) is 0 Å². The van der Waals surface area contributed by atoms with Gasteiger partial charge < -0.3 is 4.43 Å². The van der Waals surface area contributed by atoms with Crippen LogP contribution in [-0.4, -0.2) is 15.1 Å². The Balaban J connectivity index is 1.94. The second kappa shape index (κ2) is 5.49. The van der Waals surface area contributed by atoms with Gasteiger partial charge in [0.2, 0.25) is 0 Å². The lowest BCUT2D eigenvalue weighted by atomic mass is 9.89. The van der Waals surface area contributed by atoms with Crippen LogP contribution in [0, 0.1) is 11.8 Å². The molecule has 2 fully saturated rings. The Morgan fingerprint density at radius 2 is 1.27 bits per heavy atom. The smallest absolute Gasteiger partial charge is 0.171 e. The van der Waals surface area contributed by atoms with Gasteiger partial charge in [0.05, 0.1) is 6.10 Å². The van der Waals surface area contributed by atoms with Gasteiger partial charge in [-0.3, -0.25) is 0 Å². The van der Waals surface area contributed by atoms with Crippen molar-refractivity contribution in [3.63, 3.8) is 0 Å². The highest BCUT2D eigenvalue weighted by molar-refractivity contribution is 6.48. The highest BCUT2D eigenvalue weighted by atomic mass is 28.3. The average Bonchev–Trinajstić information content (AvgIpc) is 2.87. The van der Waals surface area contributed by atoms with Crippen LogP contribution in [0.4, 0.5) is 0 Å². The zero-order chi connectivity index (χ0) is 10.7. The molecule has 0 aromatic carbocycles. The molecule has 0 aromatic rings. The van der Waals surface area contributed by atoms with E-state index in [2.05, 4.69) is 13.1 Å². The molecular formula is C13H26OSi. The monoisotopic (exact) mass is 226 g/mol. The molecule has 1 nitrogen and oxygen atoms in total. The summed E-state index contributed by atoms with van der Waals surface area (Å²) in [5, 5.41) is 0. The second-order valence-electron chi connectivity index (χ2n) is 5.74. The maximum absolute atomic E-state index is 6.36. The maximum Gasteiger partial charge on any atom is 0.171 e. The third-order valence-electron chi connectivity index (χ3n) is 4.16. The molecular weight excluding hydrogens is 200 g/mol. The van der Waals surface area contributed by atoms with Crippen molar-refractivity contribution >= 4 is 9.04 Å². The average molecular weight is 226 g/mol. The largest absolute Gasteiger partial charge is 0.417 e. The van der Waals surface area contributed by atoms with E-state index in [-0.39, 0.29) is 0 Å². The summed E-state index contributed by atoms with van der Waals surface area (Å²) in [5.41, 5.74) is 0. The van der Waals surface area contributed by atoms with E-state index in [1.807, 2.05) is 0 Å². The third kappa shape index (κ3) is 3.07. The lowest BCUT2D eigenvalue weighted by Crippen LogP contribution is -2.33. The van der Waals surface area contributed by atoms with Crippen LogP contribution in [0.15, 0.2) is 0 Å². The van der Waals surface area contributed by atoms with Crippen LogP contribution in [-0.2, 0) is 4.43 Å². The van der Waals surface area contributed by atoms with Gasteiger partial charge in [-0.05, 0) is 50.6 Å². The normalized spacial score (nSPS) is 24.8. The molecule has 0 atom stereocenters. The van der Waals surface area contributed by atoms with Crippen LogP contribution in [0.1, 0.15) is 51.4 Å². The first-order valence-electron chi connectivity index (χ1n) is 6.93. The van der Waals surface area contributed by atoms with E-state index in [4.69, 9.17) is 4.43 Å². The summed E-state index contributed by atoms with van der Waals surface area (Å²) < 4.78 is 6.36. The second-order valence-corrected chi connectivity index (χ2v) is 8.11. The Morgan fingerprint density at radius 1 is 0.867 bits per heavy atom. The van der Waals surface area contributed by atoms with E-state index in [9.17, 15) is 0 Å². The number of hydrogen-bond acceptors (Lipinski definition) is 1. The molecule has 0 radical (unpaired) electrons. The van der Waals surface area contributed by atoms with Gasteiger partial charge >= 0.3 is 0 Å². The first kappa shape index (κ1) is 11.7. The van der Waals surface area contributed by atoms with Crippen molar-refractivity contribution in [2.45, 2.75) is 70.6 Å². The lowest BCUT2D eigenvalue weighted by Gasteiger charge is -2.31. The molecule has 2 aliphatic rings. The van der Waals surface area contributed by atoms with Gasteiger partial charge in [-0.2, -0.15) is 0 Å². The van der Waals surface area contributed by atoms with Crippen LogP contribution >= 0.6 is 0 Å². The third-order valence-corrected chi connectivity index (χ3v) is 5.02. The van der Waals surface area contributed by atoms with Gasteiger partial charge in [-0.1, -0.05) is 25.7 Å². The minimum atomic E-state index is -0.841. The zero-order valence-electron chi connectivity index (χ0n) is 10.4. The summed E-state index contributed by atoms with van der Waals surface area (Å²) in [6.07, 6.45) is 12.3. The molecule has 0 amide bonds. The van der Waals surface area contributed by atoms with Gasteiger partial charge in [-0.25, -0.2) is 0 Å². The molecule has 2 saturated carbocycles. The van der Waals surface area contributed by atoms with Crippen LogP contribution in [0.3, 0.4) is 0 Å². The fraction of sp³-hybridized carbons (Fsp3) is 1.00. The summed E-state index contributed by atoms with van der Waals surface area (Å²) in [5.74, 6) is 1.84. The van der Waals surface area contributed by atoms with Gasteiger partial charge in [0.1, 0.15) is 0 Å². The van der Waals surface area contributed by atoms with Crippen LogP contribution < -0.4 is 0 Å². The van der Waals surface area contributed by atoms with Gasteiger partial charge in [0, 0.05) is 0 Å². The molecule has 0 N–H and O–H groups in total. The Bertz CT molecular complexity index is 165. The minimum absolute atomic E-state index is 0.654. The van der Waals surface area contributed by atoms with Gasteiger partial charge in [0.15, 0.2) is 9.04 Å². The molecule has 0 aromatic heterocycles. The van der Waals surface area contributed by atoms with Crippen LogP contribution in [0.2, 0.25) is 13.1 Å². The first-order chi connectivity index (χ1) is 7.27. The lowest BCUT2D eigenvalue weighted by molar-refractivity contribution is 0.0784. The molecule has 0 bridgehead atoms. The molecule has 0 saturated heterocycles. The molecule has 88 valence electrons. The van der Waals surface area contributed by atoms with Crippen molar-refractivity contribution < 1.29 is 4.43 Å². The molecule has 2 heteroatoms. The molecule has 2 aliphatic carbocycles. The summed E-state index contributed by atoms with van der Waals surface area (Å²) in [7, 11) is -0.841. The molecule has 0 aliphatic heterocycles. The van der Waals surface area contributed by atoms with Crippen molar-refractivity contribution in [2.75, 3.05) is 0 Å². The van der Waals surface area contributed by atoms with Gasteiger partial charge in [0.25, 0.3) is 0 Å². The fourth-order valence-corrected chi connectivity index (χ4v) is 4.57. The predicted molar refractivity (Wildman–Crippen MR) is 67.7 cm³/mol. The fourth-order valence-electron chi connectivity index (χ4n) is 3.49. The summed E-state index contributed by atoms with van der Waals surface area (Å²) >= 11 is 0. The Kier molecular flexibility index (Phi) is 4.27. The number of hydrogen-bond donors (Lipinski definition) is 0. The maximum atomic E-state index is 6.36. The van der Waals surface area contributed by atoms with E-state index in [0.29, 0.717) is 6.10 Å².